The maximum atomic E-state index is 5.92. The molecule has 17 heavy (non-hydrogen) atoms. The maximum Gasteiger partial charge on any atom is 0.132 e. The molecule has 2 rings (SSSR count). The van der Waals surface area contributed by atoms with E-state index in [-0.39, 0.29) is 0 Å². The molecule has 88 valence electrons. The summed E-state index contributed by atoms with van der Waals surface area (Å²) in [6.07, 6.45) is 1.58. The Labute approximate surface area is 101 Å². The molecule has 0 spiro atoms. The Morgan fingerprint density at radius 1 is 1.24 bits per heavy atom. The van der Waals surface area contributed by atoms with Gasteiger partial charge in [0.05, 0.1) is 0 Å². The zero-order valence-electron chi connectivity index (χ0n) is 10.1. The smallest absolute Gasteiger partial charge is 0.132 e. The van der Waals surface area contributed by atoms with Crippen molar-refractivity contribution in [2.45, 2.75) is 13.5 Å². The Kier molecular flexibility index (Phi) is 3.23. The number of aryl methyl sites for hydroxylation is 1. The van der Waals surface area contributed by atoms with E-state index in [1.807, 2.05) is 44.3 Å². The molecular weight excluding hydrogens is 212 g/mol. The highest BCUT2D eigenvalue weighted by atomic mass is 15.2. The van der Waals surface area contributed by atoms with Crippen LogP contribution < -0.4 is 10.6 Å². The molecule has 0 radical (unpaired) electrons. The number of para-hydroxylation sites is 1. The van der Waals surface area contributed by atoms with Crippen molar-refractivity contribution >= 4 is 11.5 Å². The Hall–Kier alpha value is -2.10. The van der Waals surface area contributed by atoms with Crippen molar-refractivity contribution in [3.05, 3.63) is 47.9 Å². The number of hydrogen-bond donors (Lipinski definition) is 1. The van der Waals surface area contributed by atoms with E-state index in [9.17, 15) is 0 Å². The van der Waals surface area contributed by atoms with Crippen molar-refractivity contribution in [2.75, 3.05) is 17.7 Å². The molecule has 2 N–H and O–H groups in total. The summed E-state index contributed by atoms with van der Waals surface area (Å²) in [5.74, 6) is 0.903. The fourth-order valence-electron chi connectivity index (χ4n) is 1.66. The van der Waals surface area contributed by atoms with Gasteiger partial charge in [0.25, 0.3) is 0 Å². The van der Waals surface area contributed by atoms with E-state index in [1.54, 1.807) is 6.33 Å². The van der Waals surface area contributed by atoms with Crippen molar-refractivity contribution in [1.82, 2.24) is 9.97 Å². The highest BCUT2D eigenvalue weighted by molar-refractivity contribution is 5.49. The van der Waals surface area contributed by atoms with Crippen molar-refractivity contribution < 1.29 is 0 Å². The third-order valence-electron chi connectivity index (χ3n) is 2.64. The first kappa shape index (κ1) is 11.4. The molecule has 4 heteroatoms. The molecule has 0 aliphatic heterocycles. The summed E-state index contributed by atoms with van der Waals surface area (Å²) in [5, 5.41) is 0. The van der Waals surface area contributed by atoms with Crippen LogP contribution in [0, 0.1) is 6.92 Å². The lowest BCUT2D eigenvalue weighted by atomic mass is 10.2. The number of nitrogen functional groups attached to an aromatic ring is 1. The Morgan fingerprint density at radius 3 is 2.71 bits per heavy atom. The number of rotatable bonds is 3. The van der Waals surface area contributed by atoms with Gasteiger partial charge in [-0.25, -0.2) is 9.97 Å². The van der Waals surface area contributed by atoms with Crippen LogP contribution in [0.15, 0.2) is 36.7 Å². The van der Waals surface area contributed by atoms with Gasteiger partial charge in [-0.3, -0.25) is 0 Å². The number of nitrogens with zero attached hydrogens (tertiary/aromatic N) is 3. The van der Waals surface area contributed by atoms with Crippen molar-refractivity contribution in [2.24, 2.45) is 0 Å². The van der Waals surface area contributed by atoms with Crippen LogP contribution in [0.25, 0.3) is 0 Å². The minimum Gasteiger partial charge on any atom is -0.398 e. The average Bonchev–Trinajstić information content (AvgIpc) is 2.32. The normalized spacial score (nSPS) is 10.2. The van der Waals surface area contributed by atoms with Gasteiger partial charge in [0.1, 0.15) is 12.1 Å². The van der Waals surface area contributed by atoms with Gasteiger partial charge < -0.3 is 10.6 Å². The molecule has 1 aromatic carbocycles. The molecule has 2 aromatic rings. The molecule has 1 heterocycles. The van der Waals surface area contributed by atoms with E-state index in [2.05, 4.69) is 14.9 Å². The standard InChI is InChI=1S/C13H16N4/c1-10-7-13(16-9-15-10)17(2)8-11-5-3-4-6-12(11)14/h3-7,9H,8,14H2,1-2H3. The summed E-state index contributed by atoms with van der Waals surface area (Å²) in [7, 11) is 1.99. The van der Waals surface area contributed by atoms with Crippen molar-refractivity contribution in [3.8, 4) is 0 Å². The molecule has 4 nitrogen and oxygen atoms in total. The molecule has 0 saturated carbocycles. The number of anilines is 2. The molecule has 0 atom stereocenters. The van der Waals surface area contributed by atoms with Crippen LogP contribution in [0.2, 0.25) is 0 Å². The minimum atomic E-state index is 0.739. The van der Waals surface area contributed by atoms with E-state index in [0.717, 1.165) is 29.3 Å². The monoisotopic (exact) mass is 228 g/mol. The van der Waals surface area contributed by atoms with E-state index in [1.165, 1.54) is 0 Å². The van der Waals surface area contributed by atoms with E-state index < -0.39 is 0 Å². The fraction of sp³-hybridized carbons (Fsp3) is 0.231. The van der Waals surface area contributed by atoms with Gasteiger partial charge in [0.15, 0.2) is 0 Å². The van der Waals surface area contributed by atoms with Crippen LogP contribution >= 0.6 is 0 Å². The lowest BCUT2D eigenvalue weighted by Gasteiger charge is -2.19. The van der Waals surface area contributed by atoms with E-state index in [0.29, 0.717) is 0 Å². The molecular formula is C13H16N4. The first-order chi connectivity index (χ1) is 8.16. The summed E-state index contributed by atoms with van der Waals surface area (Å²) in [5.41, 5.74) is 8.79. The van der Waals surface area contributed by atoms with Gasteiger partial charge in [-0.15, -0.1) is 0 Å². The fourth-order valence-corrected chi connectivity index (χ4v) is 1.66. The third kappa shape index (κ3) is 2.72. The van der Waals surface area contributed by atoms with Gasteiger partial charge >= 0.3 is 0 Å². The SMILES string of the molecule is Cc1cc(N(C)Cc2ccccc2N)ncn1. The highest BCUT2D eigenvalue weighted by Crippen LogP contribution is 2.16. The predicted octanol–water partition coefficient (Wildman–Crippen LogP) is 2.00. The quantitative estimate of drug-likeness (QED) is 0.816. The molecule has 0 unspecified atom stereocenters. The second-order valence-electron chi connectivity index (χ2n) is 4.07. The first-order valence-electron chi connectivity index (χ1n) is 5.50. The summed E-state index contributed by atoms with van der Waals surface area (Å²) in [4.78, 5) is 10.4. The topological polar surface area (TPSA) is 55.0 Å². The van der Waals surface area contributed by atoms with Crippen LogP contribution in [-0.2, 0) is 6.54 Å². The minimum absolute atomic E-state index is 0.739. The van der Waals surface area contributed by atoms with Gasteiger partial charge in [-0.2, -0.15) is 0 Å². The number of benzene rings is 1. The second kappa shape index (κ2) is 4.82. The zero-order valence-corrected chi connectivity index (χ0v) is 10.1. The largest absolute Gasteiger partial charge is 0.398 e. The Bertz CT molecular complexity index is 510. The average molecular weight is 228 g/mol. The van der Waals surface area contributed by atoms with Gasteiger partial charge in [0.2, 0.25) is 0 Å². The molecule has 0 amide bonds. The second-order valence-corrected chi connectivity index (χ2v) is 4.07. The van der Waals surface area contributed by atoms with Crippen LogP contribution in [0.1, 0.15) is 11.3 Å². The summed E-state index contributed by atoms with van der Waals surface area (Å²) in [6.45, 7) is 2.69. The van der Waals surface area contributed by atoms with Crippen LogP contribution in [-0.4, -0.2) is 17.0 Å². The van der Waals surface area contributed by atoms with Gasteiger partial charge in [-0.1, -0.05) is 18.2 Å². The number of hydrogen-bond acceptors (Lipinski definition) is 4. The molecule has 0 saturated heterocycles. The van der Waals surface area contributed by atoms with Crippen LogP contribution in [0.3, 0.4) is 0 Å². The van der Waals surface area contributed by atoms with Crippen molar-refractivity contribution in [3.63, 3.8) is 0 Å². The van der Waals surface area contributed by atoms with E-state index in [4.69, 9.17) is 5.73 Å². The maximum absolute atomic E-state index is 5.92. The lowest BCUT2D eigenvalue weighted by Crippen LogP contribution is -2.18. The summed E-state index contributed by atoms with van der Waals surface area (Å²) in [6, 6.07) is 9.83. The predicted molar refractivity (Wildman–Crippen MR) is 69.7 cm³/mol. The molecule has 1 aromatic heterocycles. The molecule has 0 fully saturated rings. The first-order valence-corrected chi connectivity index (χ1v) is 5.50. The molecule has 0 aliphatic carbocycles. The summed E-state index contributed by atoms with van der Waals surface area (Å²) < 4.78 is 0. The van der Waals surface area contributed by atoms with Gasteiger partial charge in [-0.05, 0) is 18.6 Å². The van der Waals surface area contributed by atoms with Crippen LogP contribution in [0.4, 0.5) is 11.5 Å². The van der Waals surface area contributed by atoms with Gasteiger partial charge in [0, 0.05) is 31.0 Å². The Morgan fingerprint density at radius 2 is 2.00 bits per heavy atom. The highest BCUT2D eigenvalue weighted by Gasteiger charge is 2.05. The third-order valence-corrected chi connectivity index (χ3v) is 2.64. The summed E-state index contributed by atoms with van der Waals surface area (Å²) >= 11 is 0. The number of aromatic nitrogens is 2. The van der Waals surface area contributed by atoms with Crippen molar-refractivity contribution in [1.29, 1.82) is 0 Å². The number of nitrogens with two attached hydrogens (primary N) is 1. The zero-order chi connectivity index (χ0) is 12.3. The molecule has 0 aliphatic rings. The van der Waals surface area contributed by atoms with Crippen LogP contribution in [0.5, 0.6) is 0 Å². The Balaban J connectivity index is 2.17. The van der Waals surface area contributed by atoms with E-state index >= 15 is 0 Å². The lowest BCUT2D eigenvalue weighted by molar-refractivity contribution is 0.888. The molecule has 0 bridgehead atoms.